The Kier molecular flexibility index (Phi) is 4.94. The molecule has 0 radical (unpaired) electrons. The van der Waals surface area contributed by atoms with Crippen molar-refractivity contribution in [2.45, 2.75) is 38.2 Å². The molecule has 0 aliphatic heterocycles. The van der Waals surface area contributed by atoms with Crippen LogP contribution in [0, 0.1) is 11.8 Å². The molecule has 0 saturated heterocycles. The van der Waals surface area contributed by atoms with Gasteiger partial charge in [0.25, 0.3) is 0 Å². The number of carboxylic acid groups (broad SMARTS) is 1. The molecule has 0 aromatic carbocycles. The Hall–Kier alpha value is -2.21. The van der Waals surface area contributed by atoms with Crippen LogP contribution in [0.2, 0.25) is 0 Å². The van der Waals surface area contributed by atoms with Crippen molar-refractivity contribution >= 4 is 17.0 Å². The molecule has 3 rings (SSSR count). The number of rotatable bonds is 5. The van der Waals surface area contributed by atoms with Gasteiger partial charge in [0.15, 0.2) is 0 Å². The second-order valence-corrected chi connectivity index (χ2v) is 6.43. The average Bonchev–Trinajstić information content (AvgIpc) is 2.61. The van der Waals surface area contributed by atoms with Gasteiger partial charge in [0, 0.05) is 17.8 Å². The van der Waals surface area contributed by atoms with Gasteiger partial charge >= 0.3 is 5.97 Å². The lowest BCUT2D eigenvalue weighted by atomic mass is 9.79. The number of carboxylic acids is 1. The minimum Gasteiger partial charge on any atom is -0.481 e. The van der Waals surface area contributed by atoms with Crippen LogP contribution in [0.4, 0.5) is 0 Å². The standard InChI is InChI=1S/C18H22N2O4/c1-24-16-7-6-14-17(20-16)13(8-9-19-14)15(21)10-11-2-4-12(5-3-11)18(22)23/h6-9,11-12,15,21H,2-5,10H2,1H3,(H,22,23)/t11-,12-,15?. The van der Waals surface area contributed by atoms with Gasteiger partial charge in [-0.15, -0.1) is 0 Å². The van der Waals surface area contributed by atoms with E-state index in [-0.39, 0.29) is 5.92 Å². The van der Waals surface area contributed by atoms with Gasteiger partial charge in [0.2, 0.25) is 5.88 Å². The van der Waals surface area contributed by atoms with Gasteiger partial charge in [0.1, 0.15) is 0 Å². The maximum Gasteiger partial charge on any atom is 0.306 e. The third-order valence-electron chi connectivity index (χ3n) is 4.91. The summed E-state index contributed by atoms with van der Waals surface area (Å²) in [6, 6.07) is 5.37. The number of methoxy groups -OCH3 is 1. The highest BCUT2D eigenvalue weighted by Gasteiger charge is 2.28. The van der Waals surface area contributed by atoms with E-state index in [0.29, 0.717) is 36.6 Å². The van der Waals surface area contributed by atoms with Crippen LogP contribution in [0.15, 0.2) is 24.4 Å². The molecule has 128 valence electrons. The number of aliphatic hydroxyl groups is 1. The molecule has 2 aromatic rings. The van der Waals surface area contributed by atoms with E-state index in [1.54, 1.807) is 25.4 Å². The first-order valence-electron chi connectivity index (χ1n) is 8.29. The minimum absolute atomic E-state index is 0.230. The highest BCUT2D eigenvalue weighted by Crippen LogP contribution is 2.36. The molecule has 2 aromatic heterocycles. The van der Waals surface area contributed by atoms with Crippen molar-refractivity contribution in [1.82, 2.24) is 9.97 Å². The number of hydrogen-bond donors (Lipinski definition) is 2. The van der Waals surface area contributed by atoms with Crippen molar-refractivity contribution in [1.29, 1.82) is 0 Å². The van der Waals surface area contributed by atoms with E-state index in [9.17, 15) is 9.90 Å². The molecule has 0 bridgehead atoms. The summed E-state index contributed by atoms with van der Waals surface area (Å²) in [5, 5.41) is 19.8. The van der Waals surface area contributed by atoms with Gasteiger partial charge in [0.05, 0.1) is 30.2 Å². The molecule has 1 saturated carbocycles. The van der Waals surface area contributed by atoms with E-state index >= 15 is 0 Å². The van der Waals surface area contributed by atoms with Crippen LogP contribution in [-0.4, -0.2) is 33.3 Å². The molecule has 1 aliphatic rings. The van der Waals surface area contributed by atoms with Crippen molar-refractivity contribution in [2.24, 2.45) is 11.8 Å². The van der Waals surface area contributed by atoms with Crippen LogP contribution in [0.5, 0.6) is 5.88 Å². The summed E-state index contributed by atoms with van der Waals surface area (Å²) in [5.41, 5.74) is 2.13. The summed E-state index contributed by atoms with van der Waals surface area (Å²) in [6.07, 6.45) is 4.72. The maximum absolute atomic E-state index is 11.0. The second kappa shape index (κ2) is 7.13. The molecular weight excluding hydrogens is 308 g/mol. The minimum atomic E-state index is -0.703. The fourth-order valence-electron chi connectivity index (χ4n) is 3.50. The molecule has 6 heteroatoms. The Labute approximate surface area is 140 Å². The molecule has 24 heavy (non-hydrogen) atoms. The molecule has 1 aliphatic carbocycles. The van der Waals surface area contributed by atoms with Crippen LogP contribution < -0.4 is 4.74 Å². The third kappa shape index (κ3) is 3.48. The topological polar surface area (TPSA) is 92.5 Å². The third-order valence-corrected chi connectivity index (χ3v) is 4.91. The van der Waals surface area contributed by atoms with Crippen LogP contribution in [0.1, 0.15) is 43.8 Å². The lowest BCUT2D eigenvalue weighted by Crippen LogP contribution is -2.22. The Morgan fingerprint density at radius 3 is 2.71 bits per heavy atom. The van der Waals surface area contributed by atoms with Crippen LogP contribution in [-0.2, 0) is 4.79 Å². The quantitative estimate of drug-likeness (QED) is 0.875. The smallest absolute Gasteiger partial charge is 0.306 e. The van der Waals surface area contributed by atoms with Crippen molar-refractivity contribution < 1.29 is 19.7 Å². The molecule has 0 amide bonds. The highest BCUT2D eigenvalue weighted by molar-refractivity contribution is 5.78. The Bertz CT molecular complexity index is 726. The number of nitrogens with zero attached hydrogens (tertiary/aromatic N) is 2. The number of ether oxygens (including phenoxy) is 1. The van der Waals surface area contributed by atoms with Crippen LogP contribution in [0.3, 0.4) is 0 Å². The summed E-state index contributed by atoms with van der Waals surface area (Å²) in [6.45, 7) is 0. The van der Waals surface area contributed by atoms with Crippen LogP contribution >= 0.6 is 0 Å². The Balaban J connectivity index is 1.74. The van der Waals surface area contributed by atoms with E-state index in [2.05, 4.69) is 9.97 Å². The number of aromatic nitrogens is 2. The first-order chi connectivity index (χ1) is 11.6. The zero-order chi connectivity index (χ0) is 17.1. The fraction of sp³-hybridized carbons (Fsp3) is 0.500. The average molecular weight is 330 g/mol. The van der Waals surface area contributed by atoms with Crippen molar-refractivity contribution in [3.05, 3.63) is 30.0 Å². The molecule has 2 N–H and O–H groups in total. The van der Waals surface area contributed by atoms with E-state index in [4.69, 9.17) is 9.84 Å². The van der Waals surface area contributed by atoms with Crippen LogP contribution in [0.25, 0.3) is 11.0 Å². The van der Waals surface area contributed by atoms with Gasteiger partial charge in [-0.2, -0.15) is 0 Å². The Morgan fingerprint density at radius 2 is 2.04 bits per heavy atom. The normalized spacial score (nSPS) is 22.2. The number of aliphatic carboxylic acids is 1. The predicted molar refractivity (Wildman–Crippen MR) is 88.8 cm³/mol. The lowest BCUT2D eigenvalue weighted by molar-refractivity contribution is -0.143. The van der Waals surface area contributed by atoms with Gasteiger partial charge in [-0.1, -0.05) is 0 Å². The summed E-state index contributed by atoms with van der Waals surface area (Å²) in [7, 11) is 1.56. The van der Waals surface area contributed by atoms with Crippen molar-refractivity contribution in [3.63, 3.8) is 0 Å². The van der Waals surface area contributed by atoms with Gasteiger partial charge in [-0.3, -0.25) is 9.78 Å². The number of pyridine rings is 2. The maximum atomic E-state index is 11.0. The summed E-state index contributed by atoms with van der Waals surface area (Å²) >= 11 is 0. The zero-order valence-electron chi connectivity index (χ0n) is 13.7. The molecule has 0 spiro atoms. The first kappa shape index (κ1) is 16.6. The Morgan fingerprint density at radius 1 is 1.29 bits per heavy atom. The fourth-order valence-corrected chi connectivity index (χ4v) is 3.50. The van der Waals surface area contributed by atoms with Gasteiger partial charge in [-0.25, -0.2) is 4.98 Å². The molecule has 1 atom stereocenters. The lowest BCUT2D eigenvalue weighted by Gasteiger charge is -2.27. The number of aliphatic hydroxyl groups excluding tert-OH is 1. The van der Waals surface area contributed by atoms with Gasteiger partial charge < -0.3 is 14.9 Å². The predicted octanol–water partition coefficient (Wildman–Crippen LogP) is 2.95. The molecule has 2 heterocycles. The zero-order valence-corrected chi connectivity index (χ0v) is 13.7. The monoisotopic (exact) mass is 330 g/mol. The summed E-state index contributed by atoms with van der Waals surface area (Å²) < 4.78 is 5.17. The summed E-state index contributed by atoms with van der Waals surface area (Å²) in [5.74, 6) is -0.105. The van der Waals surface area contributed by atoms with E-state index in [1.165, 1.54) is 0 Å². The molecule has 1 fully saturated rings. The SMILES string of the molecule is COc1ccc2nccc(C(O)C[C@H]3CC[C@H](C(=O)O)CC3)c2n1. The van der Waals surface area contributed by atoms with E-state index < -0.39 is 12.1 Å². The van der Waals surface area contributed by atoms with Crippen molar-refractivity contribution in [3.8, 4) is 5.88 Å². The molecular formula is C18H22N2O4. The summed E-state index contributed by atoms with van der Waals surface area (Å²) in [4.78, 5) is 19.7. The molecule has 6 nitrogen and oxygen atoms in total. The highest BCUT2D eigenvalue weighted by atomic mass is 16.5. The molecule has 1 unspecified atom stereocenters. The number of carbonyl (C=O) groups is 1. The second-order valence-electron chi connectivity index (χ2n) is 6.43. The number of fused-ring (bicyclic) bond motifs is 1. The van der Waals surface area contributed by atoms with E-state index in [1.807, 2.05) is 6.07 Å². The van der Waals surface area contributed by atoms with E-state index in [0.717, 1.165) is 23.9 Å². The number of hydrogen-bond acceptors (Lipinski definition) is 5. The first-order valence-corrected chi connectivity index (χ1v) is 8.29. The van der Waals surface area contributed by atoms with Gasteiger partial charge in [-0.05, 0) is 50.2 Å². The largest absolute Gasteiger partial charge is 0.481 e. The van der Waals surface area contributed by atoms with Crippen molar-refractivity contribution in [2.75, 3.05) is 7.11 Å².